The summed E-state index contributed by atoms with van der Waals surface area (Å²) in [5, 5.41) is 5.46. The van der Waals surface area contributed by atoms with Crippen LogP contribution in [-0.4, -0.2) is 26.4 Å². The zero-order valence-electron chi connectivity index (χ0n) is 14.4. The molecule has 0 heterocycles. The largest absolute Gasteiger partial charge is 0.489 e. The van der Waals surface area contributed by atoms with Crippen molar-refractivity contribution in [3.63, 3.8) is 0 Å². The fourth-order valence-corrected chi connectivity index (χ4v) is 2.75. The van der Waals surface area contributed by atoms with Gasteiger partial charge in [0.05, 0.1) is 17.8 Å². The van der Waals surface area contributed by atoms with Gasteiger partial charge < -0.3 is 20.1 Å². The molecule has 138 valence electrons. The number of methoxy groups -OCH3 is 1. The van der Waals surface area contributed by atoms with E-state index < -0.39 is 23.2 Å². The maximum atomic E-state index is 14.0. The Morgan fingerprint density at radius 2 is 1.92 bits per heavy atom. The van der Waals surface area contributed by atoms with Gasteiger partial charge in [0.25, 0.3) is 0 Å². The summed E-state index contributed by atoms with van der Waals surface area (Å²) < 4.78 is 38.0. The first kappa shape index (κ1) is 18.1. The van der Waals surface area contributed by atoms with E-state index in [0.29, 0.717) is 37.5 Å². The lowest BCUT2D eigenvalue weighted by atomic mass is 10.0. The van der Waals surface area contributed by atoms with Crippen LogP contribution >= 0.6 is 0 Å². The molecule has 0 atom stereocenters. The third-order valence-corrected chi connectivity index (χ3v) is 4.23. The minimum absolute atomic E-state index is 0.164. The minimum Gasteiger partial charge on any atom is -0.489 e. The summed E-state index contributed by atoms with van der Waals surface area (Å²) in [6.07, 6.45) is 1.10. The summed E-state index contributed by atoms with van der Waals surface area (Å²) in [7, 11) is 1.57. The van der Waals surface area contributed by atoms with E-state index in [1.54, 1.807) is 31.4 Å². The van der Waals surface area contributed by atoms with E-state index in [0.717, 1.165) is 18.2 Å². The highest BCUT2D eigenvalue weighted by Gasteiger charge is 2.47. The third kappa shape index (κ3) is 4.11. The number of urea groups is 1. The Balaban J connectivity index is 1.69. The molecule has 0 spiro atoms. The molecule has 1 aliphatic rings. The van der Waals surface area contributed by atoms with E-state index >= 15 is 0 Å². The number of carbonyl (C=O) groups is 1. The third-order valence-electron chi connectivity index (χ3n) is 4.23. The molecule has 1 fully saturated rings. The van der Waals surface area contributed by atoms with Crippen molar-refractivity contribution in [3.05, 3.63) is 59.7 Å². The lowest BCUT2D eigenvalue weighted by molar-refractivity contribution is 0.146. The van der Waals surface area contributed by atoms with Crippen LogP contribution in [0, 0.1) is 11.6 Å². The fraction of sp³-hybridized carbons (Fsp3) is 0.316. The van der Waals surface area contributed by atoms with Gasteiger partial charge in [-0.15, -0.1) is 0 Å². The number of nitrogens with one attached hydrogen (secondary N) is 2. The smallest absolute Gasteiger partial charge is 0.320 e. The molecule has 0 aromatic heterocycles. The molecule has 2 aromatic carbocycles. The number of hydrogen-bond donors (Lipinski definition) is 2. The van der Waals surface area contributed by atoms with E-state index in [2.05, 4.69) is 10.6 Å². The second-order valence-electron chi connectivity index (χ2n) is 6.12. The number of anilines is 1. The minimum atomic E-state index is -0.873. The Morgan fingerprint density at radius 3 is 2.65 bits per heavy atom. The van der Waals surface area contributed by atoms with E-state index in [1.165, 1.54) is 0 Å². The molecule has 2 N–H and O–H groups in total. The molecule has 7 heteroatoms. The van der Waals surface area contributed by atoms with E-state index in [-0.39, 0.29) is 5.56 Å². The van der Waals surface area contributed by atoms with Gasteiger partial charge in [-0.2, -0.15) is 0 Å². The quantitative estimate of drug-likeness (QED) is 0.737. The van der Waals surface area contributed by atoms with Crippen LogP contribution in [0.2, 0.25) is 0 Å². The van der Waals surface area contributed by atoms with Crippen LogP contribution in [0.15, 0.2) is 42.5 Å². The highest BCUT2D eigenvalue weighted by atomic mass is 19.1. The molecule has 26 heavy (non-hydrogen) atoms. The SMILES string of the molecule is COCCOc1ccccc1NC(=O)NC1(c2cc(F)ccc2F)CC1. The average Bonchev–Trinajstić information content (AvgIpc) is 3.39. The maximum absolute atomic E-state index is 14.0. The van der Waals surface area contributed by atoms with Crippen LogP contribution in [0.5, 0.6) is 5.75 Å². The Morgan fingerprint density at radius 1 is 1.15 bits per heavy atom. The van der Waals surface area contributed by atoms with Gasteiger partial charge in [-0.25, -0.2) is 13.6 Å². The number of amides is 2. The van der Waals surface area contributed by atoms with Crippen molar-refractivity contribution in [1.29, 1.82) is 0 Å². The summed E-state index contributed by atoms with van der Waals surface area (Å²) >= 11 is 0. The van der Waals surface area contributed by atoms with Crippen LogP contribution < -0.4 is 15.4 Å². The van der Waals surface area contributed by atoms with Crippen LogP contribution in [0.25, 0.3) is 0 Å². The van der Waals surface area contributed by atoms with Crippen molar-refractivity contribution in [1.82, 2.24) is 5.32 Å². The second-order valence-corrected chi connectivity index (χ2v) is 6.12. The van der Waals surface area contributed by atoms with Gasteiger partial charge in [0.15, 0.2) is 0 Å². The van der Waals surface area contributed by atoms with Crippen molar-refractivity contribution < 1.29 is 23.0 Å². The molecule has 0 unspecified atom stereocenters. The van der Waals surface area contributed by atoms with Crippen LogP contribution in [0.1, 0.15) is 18.4 Å². The Kier molecular flexibility index (Phi) is 5.37. The van der Waals surface area contributed by atoms with Crippen molar-refractivity contribution in [2.45, 2.75) is 18.4 Å². The Bertz CT molecular complexity index is 794. The lowest BCUT2D eigenvalue weighted by Crippen LogP contribution is -2.38. The van der Waals surface area contributed by atoms with E-state index in [9.17, 15) is 13.6 Å². The summed E-state index contributed by atoms with van der Waals surface area (Å²) in [6, 6.07) is 9.73. The first-order chi connectivity index (χ1) is 12.5. The second kappa shape index (κ2) is 7.70. The van der Waals surface area contributed by atoms with Gasteiger partial charge in [0.1, 0.15) is 24.0 Å². The fourth-order valence-electron chi connectivity index (χ4n) is 2.75. The molecule has 3 rings (SSSR count). The average molecular weight is 362 g/mol. The summed E-state index contributed by atoms with van der Waals surface area (Å²) in [5.41, 5.74) is -0.226. The van der Waals surface area contributed by atoms with E-state index in [1.807, 2.05) is 0 Å². The first-order valence-corrected chi connectivity index (χ1v) is 8.29. The molecular weight excluding hydrogens is 342 g/mol. The van der Waals surface area contributed by atoms with Crippen molar-refractivity contribution in [3.8, 4) is 5.75 Å². The maximum Gasteiger partial charge on any atom is 0.320 e. The lowest BCUT2D eigenvalue weighted by Gasteiger charge is -2.20. The van der Waals surface area contributed by atoms with Crippen molar-refractivity contribution in [2.75, 3.05) is 25.6 Å². The van der Waals surface area contributed by atoms with Crippen molar-refractivity contribution >= 4 is 11.7 Å². The number of benzene rings is 2. The number of carbonyl (C=O) groups excluding carboxylic acids is 1. The highest BCUT2D eigenvalue weighted by molar-refractivity contribution is 5.91. The first-order valence-electron chi connectivity index (χ1n) is 8.29. The van der Waals surface area contributed by atoms with Gasteiger partial charge in [0.2, 0.25) is 0 Å². The highest BCUT2D eigenvalue weighted by Crippen LogP contribution is 2.46. The molecule has 1 aliphatic carbocycles. The molecule has 0 bridgehead atoms. The molecule has 0 radical (unpaired) electrons. The molecule has 5 nitrogen and oxygen atoms in total. The van der Waals surface area contributed by atoms with Crippen LogP contribution in [0.3, 0.4) is 0 Å². The van der Waals surface area contributed by atoms with Gasteiger partial charge in [-0.3, -0.25) is 0 Å². The molecule has 0 aliphatic heterocycles. The van der Waals surface area contributed by atoms with Crippen LogP contribution in [0.4, 0.5) is 19.3 Å². The number of hydrogen-bond acceptors (Lipinski definition) is 3. The van der Waals surface area contributed by atoms with Gasteiger partial charge in [-0.1, -0.05) is 12.1 Å². The normalized spacial score (nSPS) is 14.6. The predicted octanol–water partition coefficient (Wildman–Crippen LogP) is 3.80. The summed E-state index contributed by atoms with van der Waals surface area (Å²) in [6.45, 7) is 0.762. The molecule has 0 saturated heterocycles. The number of para-hydroxylation sites is 2. The number of rotatable bonds is 7. The molecule has 2 amide bonds. The van der Waals surface area contributed by atoms with Crippen molar-refractivity contribution in [2.24, 2.45) is 0 Å². The molecule has 2 aromatic rings. The summed E-state index contributed by atoms with van der Waals surface area (Å²) in [5.74, 6) is -0.569. The number of ether oxygens (including phenoxy) is 2. The zero-order chi connectivity index (χ0) is 18.6. The summed E-state index contributed by atoms with van der Waals surface area (Å²) in [4.78, 5) is 12.4. The van der Waals surface area contributed by atoms with Gasteiger partial charge >= 0.3 is 6.03 Å². The molecular formula is C19H20F2N2O3. The standard InChI is InChI=1S/C19H20F2N2O3/c1-25-10-11-26-17-5-3-2-4-16(17)22-18(24)23-19(8-9-19)14-12-13(20)6-7-15(14)21/h2-7,12H,8-11H2,1H3,(H2,22,23,24). The van der Waals surface area contributed by atoms with Gasteiger partial charge in [-0.05, 0) is 43.2 Å². The zero-order valence-corrected chi connectivity index (χ0v) is 14.4. The van der Waals surface area contributed by atoms with Gasteiger partial charge in [0, 0.05) is 12.7 Å². The number of halogens is 2. The predicted molar refractivity (Wildman–Crippen MR) is 93.2 cm³/mol. The Labute approximate surface area is 150 Å². The van der Waals surface area contributed by atoms with E-state index in [4.69, 9.17) is 9.47 Å². The van der Waals surface area contributed by atoms with Crippen LogP contribution in [-0.2, 0) is 10.3 Å². The Hall–Kier alpha value is -2.67. The topological polar surface area (TPSA) is 59.6 Å². The monoisotopic (exact) mass is 362 g/mol. The molecule has 1 saturated carbocycles.